The molecule has 15 heavy (non-hydrogen) atoms. The van der Waals surface area contributed by atoms with Gasteiger partial charge in [0.2, 0.25) is 5.91 Å². The zero-order chi connectivity index (χ0) is 11.5. The molecule has 0 bridgehead atoms. The van der Waals surface area contributed by atoms with Crippen molar-refractivity contribution in [1.29, 1.82) is 0 Å². The molecule has 3 N–H and O–H groups in total. The number of hydrogen-bond donors (Lipinski definition) is 2. The van der Waals surface area contributed by atoms with Gasteiger partial charge in [-0.2, -0.15) is 0 Å². The Morgan fingerprint density at radius 3 is 2.40 bits per heavy atom. The molecule has 0 saturated heterocycles. The molecule has 0 spiro atoms. The summed E-state index contributed by atoms with van der Waals surface area (Å²) in [6.45, 7) is 7.11. The van der Waals surface area contributed by atoms with Gasteiger partial charge in [-0.3, -0.25) is 4.79 Å². The number of hydrogen-bond acceptors (Lipinski definition) is 2. The van der Waals surface area contributed by atoms with Crippen LogP contribution in [-0.2, 0) is 4.79 Å². The lowest BCUT2D eigenvalue weighted by Gasteiger charge is -2.34. The maximum Gasteiger partial charge on any atom is 0.237 e. The Balaban J connectivity index is 2.64. The standard InChI is InChI=1S/C12H24N2O/c1-9(2)8-14-12(3,11(13)15)10-6-4-5-7-10/h9-10,14H,4-8H2,1-3H3,(H2,13,15). The van der Waals surface area contributed by atoms with E-state index >= 15 is 0 Å². The van der Waals surface area contributed by atoms with Crippen LogP contribution in [0.15, 0.2) is 0 Å². The quantitative estimate of drug-likeness (QED) is 0.728. The summed E-state index contributed by atoms with van der Waals surface area (Å²) in [7, 11) is 0. The van der Waals surface area contributed by atoms with Crippen LogP contribution in [0.4, 0.5) is 0 Å². The van der Waals surface area contributed by atoms with Crippen molar-refractivity contribution < 1.29 is 4.79 Å². The van der Waals surface area contributed by atoms with E-state index in [1.807, 2.05) is 6.92 Å². The lowest BCUT2D eigenvalue weighted by Crippen LogP contribution is -2.58. The van der Waals surface area contributed by atoms with Crippen molar-refractivity contribution in [3.8, 4) is 0 Å². The van der Waals surface area contributed by atoms with Gasteiger partial charge in [-0.1, -0.05) is 26.7 Å². The Bertz CT molecular complexity index is 222. The number of carbonyl (C=O) groups is 1. The molecule has 0 aromatic heterocycles. The average molecular weight is 212 g/mol. The smallest absolute Gasteiger partial charge is 0.237 e. The second-order valence-electron chi connectivity index (χ2n) is 5.32. The fourth-order valence-corrected chi connectivity index (χ4v) is 2.35. The Morgan fingerprint density at radius 2 is 2.00 bits per heavy atom. The highest BCUT2D eigenvalue weighted by Gasteiger charge is 2.40. The number of amides is 1. The molecule has 1 amide bonds. The summed E-state index contributed by atoms with van der Waals surface area (Å²) >= 11 is 0. The van der Waals surface area contributed by atoms with E-state index in [-0.39, 0.29) is 5.91 Å². The molecule has 0 aliphatic heterocycles. The van der Waals surface area contributed by atoms with E-state index in [4.69, 9.17) is 5.73 Å². The van der Waals surface area contributed by atoms with Crippen LogP contribution in [0.3, 0.4) is 0 Å². The van der Waals surface area contributed by atoms with Gasteiger partial charge >= 0.3 is 0 Å². The molecule has 0 aromatic carbocycles. The third-order valence-corrected chi connectivity index (χ3v) is 3.56. The SMILES string of the molecule is CC(C)CNC(C)(C(N)=O)C1CCCC1. The highest BCUT2D eigenvalue weighted by molar-refractivity contribution is 5.84. The van der Waals surface area contributed by atoms with E-state index in [1.165, 1.54) is 12.8 Å². The summed E-state index contributed by atoms with van der Waals surface area (Å²) in [5.74, 6) is 0.772. The first-order chi connectivity index (χ1) is 6.97. The predicted molar refractivity (Wildman–Crippen MR) is 62.4 cm³/mol. The van der Waals surface area contributed by atoms with Crippen LogP contribution < -0.4 is 11.1 Å². The number of carbonyl (C=O) groups excluding carboxylic acids is 1. The maximum atomic E-state index is 11.6. The second-order valence-corrected chi connectivity index (χ2v) is 5.32. The van der Waals surface area contributed by atoms with E-state index in [2.05, 4.69) is 19.2 Å². The van der Waals surface area contributed by atoms with Crippen molar-refractivity contribution >= 4 is 5.91 Å². The first kappa shape index (κ1) is 12.5. The minimum Gasteiger partial charge on any atom is -0.368 e. The lowest BCUT2D eigenvalue weighted by atomic mass is 9.83. The Hall–Kier alpha value is -0.570. The molecule has 1 fully saturated rings. The van der Waals surface area contributed by atoms with Crippen molar-refractivity contribution in [2.75, 3.05) is 6.54 Å². The topological polar surface area (TPSA) is 55.1 Å². The first-order valence-electron chi connectivity index (χ1n) is 6.01. The van der Waals surface area contributed by atoms with E-state index in [9.17, 15) is 4.79 Å². The van der Waals surface area contributed by atoms with Crippen LogP contribution in [0, 0.1) is 11.8 Å². The molecule has 0 aromatic rings. The van der Waals surface area contributed by atoms with Crippen molar-refractivity contribution in [2.24, 2.45) is 17.6 Å². The molecule has 1 unspecified atom stereocenters. The van der Waals surface area contributed by atoms with Crippen LogP contribution >= 0.6 is 0 Å². The number of primary amides is 1. The molecule has 0 radical (unpaired) electrons. The monoisotopic (exact) mass is 212 g/mol. The molecular weight excluding hydrogens is 188 g/mol. The third-order valence-electron chi connectivity index (χ3n) is 3.56. The minimum absolute atomic E-state index is 0.199. The summed E-state index contributed by atoms with van der Waals surface area (Å²) in [5, 5.41) is 3.36. The van der Waals surface area contributed by atoms with Gasteiger partial charge in [-0.25, -0.2) is 0 Å². The molecule has 1 saturated carbocycles. The molecule has 3 nitrogen and oxygen atoms in total. The number of nitrogens with two attached hydrogens (primary N) is 1. The lowest BCUT2D eigenvalue weighted by molar-refractivity contribution is -0.126. The van der Waals surface area contributed by atoms with Gasteiger partial charge in [0.25, 0.3) is 0 Å². The normalized spacial score (nSPS) is 21.9. The third kappa shape index (κ3) is 2.94. The predicted octanol–water partition coefficient (Wildman–Crippen LogP) is 1.67. The molecule has 1 aliphatic carbocycles. The highest BCUT2D eigenvalue weighted by atomic mass is 16.1. The average Bonchev–Trinajstić information content (AvgIpc) is 2.66. The molecule has 3 heteroatoms. The van der Waals surface area contributed by atoms with Gasteiger partial charge in [0, 0.05) is 0 Å². The van der Waals surface area contributed by atoms with E-state index in [0.29, 0.717) is 11.8 Å². The first-order valence-corrected chi connectivity index (χ1v) is 6.01. The zero-order valence-electron chi connectivity index (χ0n) is 10.2. The van der Waals surface area contributed by atoms with Crippen LogP contribution in [0.2, 0.25) is 0 Å². The molecule has 1 atom stereocenters. The highest BCUT2D eigenvalue weighted by Crippen LogP contribution is 2.33. The van der Waals surface area contributed by atoms with Crippen LogP contribution in [0.1, 0.15) is 46.5 Å². The van der Waals surface area contributed by atoms with Gasteiger partial charge in [0.05, 0.1) is 5.54 Å². The van der Waals surface area contributed by atoms with Gasteiger partial charge in [-0.05, 0) is 38.1 Å². The van der Waals surface area contributed by atoms with E-state index in [0.717, 1.165) is 19.4 Å². The van der Waals surface area contributed by atoms with Crippen molar-refractivity contribution in [3.63, 3.8) is 0 Å². The van der Waals surface area contributed by atoms with Gasteiger partial charge < -0.3 is 11.1 Å². The maximum absolute atomic E-state index is 11.6. The fraction of sp³-hybridized carbons (Fsp3) is 0.917. The summed E-state index contributed by atoms with van der Waals surface area (Å²) in [5.41, 5.74) is 5.04. The summed E-state index contributed by atoms with van der Waals surface area (Å²) in [4.78, 5) is 11.6. The van der Waals surface area contributed by atoms with Crippen molar-refractivity contribution in [1.82, 2.24) is 5.32 Å². The van der Waals surface area contributed by atoms with Crippen LogP contribution in [0.5, 0.6) is 0 Å². The van der Waals surface area contributed by atoms with E-state index in [1.54, 1.807) is 0 Å². The van der Waals surface area contributed by atoms with Crippen LogP contribution in [-0.4, -0.2) is 18.0 Å². The van der Waals surface area contributed by atoms with Gasteiger partial charge in [-0.15, -0.1) is 0 Å². The Morgan fingerprint density at radius 1 is 1.47 bits per heavy atom. The Kier molecular flexibility index (Phi) is 4.14. The largest absolute Gasteiger partial charge is 0.368 e. The molecular formula is C12H24N2O. The second kappa shape index (κ2) is 4.97. The Labute approximate surface area is 92.8 Å². The summed E-state index contributed by atoms with van der Waals surface area (Å²) in [6.07, 6.45) is 4.73. The fourth-order valence-electron chi connectivity index (χ4n) is 2.35. The molecule has 88 valence electrons. The summed E-state index contributed by atoms with van der Waals surface area (Å²) < 4.78 is 0. The molecule has 1 rings (SSSR count). The van der Waals surface area contributed by atoms with Crippen LogP contribution in [0.25, 0.3) is 0 Å². The zero-order valence-corrected chi connectivity index (χ0v) is 10.2. The summed E-state index contributed by atoms with van der Waals surface area (Å²) in [6, 6.07) is 0. The van der Waals surface area contributed by atoms with Gasteiger partial charge in [0.1, 0.15) is 0 Å². The molecule has 0 heterocycles. The van der Waals surface area contributed by atoms with E-state index < -0.39 is 5.54 Å². The van der Waals surface area contributed by atoms with Crippen molar-refractivity contribution in [3.05, 3.63) is 0 Å². The van der Waals surface area contributed by atoms with Gasteiger partial charge in [0.15, 0.2) is 0 Å². The van der Waals surface area contributed by atoms with Crippen molar-refractivity contribution in [2.45, 2.75) is 52.0 Å². The minimum atomic E-state index is -0.499. The number of nitrogens with one attached hydrogen (secondary N) is 1. The molecule has 1 aliphatic rings. The number of rotatable bonds is 5.